The third-order valence-electron chi connectivity index (χ3n) is 3.51. The summed E-state index contributed by atoms with van der Waals surface area (Å²) in [5.74, 6) is 0.871. The van der Waals surface area contributed by atoms with Crippen LogP contribution < -0.4 is 11.1 Å². The zero-order valence-electron chi connectivity index (χ0n) is 12.6. The van der Waals surface area contributed by atoms with Gasteiger partial charge in [0, 0.05) is 19.2 Å². The van der Waals surface area contributed by atoms with E-state index in [1.165, 1.54) is 0 Å². The molecule has 2 atom stereocenters. The Morgan fingerprint density at radius 1 is 1.33 bits per heavy atom. The number of nitrogens with zero attached hydrogens (tertiary/aromatic N) is 3. The number of amides is 1. The highest BCUT2D eigenvalue weighted by Gasteiger charge is 2.16. The van der Waals surface area contributed by atoms with Gasteiger partial charge in [-0.1, -0.05) is 19.1 Å². The molecule has 2 unspecified atom stereocenters. The molecule has 0 aliphatic heterocycles. The van der Waals surface area contributed by atoms with Crippen LogP contribution in [0.4, 0.5) is 5.69 Å². The molecule has 1 amide bonds. The van der Waals surface area contributed by atoms with Crippen LogP contribution in [0.5, 0.6) is 0 Å². The van der Waals surface area contributed by atoms with E-state index in [0.29, 0.717) is 6.42 Å². The van der Waals surface area contributed by atoms with E-state index in [4.69, 9.17) is 5.73 Å². The number of rotatable bonds is 5. The second kappa shape index (κ2) is 6.39. The first-order chi connectivity index (χ1) is 9.97. The van der Waals surface area contributed by atoms with Gasteiger partial charge in [-0.3, -0.25) is 4.79 Å². The molecule has 6 heteroatoms. The highest BCUT2D eigenvalue weighted by atomic mass is 16.1. The Kier molecular flexibility index (Phi) is 4.57. The van der Waals surface area contributed by atoms with Gasteiger partial charge in [-0.25, -0.2) is 0 Å². The fourth-order valence-electron chi connectivity index (χ4n) is 2.27. The molecular weight excluding hydrogens is 266 g/mol. The second-order valence-corrected chi connectivity index (χ2v) is 5.36. The minimum atomic E-state index is -0.163. The summed E-state index contributed by atoms with van der Waals surface area (Å²) >= 11 is 0. The summed E-state index contributed by atoms with van der Waals surface area (Å²) in [4.78, 5) is 12.1. The Morgan fingerprint density at radius 3 is 2.57 bits per heavy atom. The smallest absolute Gasteiger partial charge is 0.221 e. The lowest BCUT2D eigenvalue weighted by molar-refractivity contribution is -0.122. The Bertz CT molecular complexity index is 605. The van der Waals surface area contributed by atoms with Gasteiger partial charge >= 0.3 is 0 Å². The standard InChI is InChI=1S/C15H21N5O/c1-10(12-4-6-13(16)7-5-12)8-14(21)18-11(2)15-19-17-9-20(15)3/h4-7,9-11H,8,16H2,1-3H3,(H,18,21). The lowest BCUT2D eigenvalue weighted by Crippen LogP contribution is -2.29. The predicted molar refractivity (Wildman–Crippen MR) is 81.4 cm³/mol. The number of anilines is 1. The molecule has 21 heavy (non-hydrogen) atoms. The Labute approximate surface area is 124 Å². The number of hydrogen-bond acceptors (Lipinski definition) is 4. The van der Waals surface area contributed by atoms with E-state index in [9.17, 15) is 4.79 Å². The summed E-state index contributed by atoms with van der Waals surface area (Å²) in [6.45, 7) is 3.92. The maximum Gasteiger partial charge on any atom is 0.221 e. The fourth-order valence-corrected chi connectivity index (χ4v) is 2.27. The highest BCUT2D eigenvalue weighted by Crippen LogP contribution is 2.20. The van der Waals surface area contributed by atoms with Crippen LogP contribution in [-0.2, 0) is 11.8 Å². The number of nitrogen functional groups attached to an aromatic ring is 1. The number of hydrogen-bond donors (Lipinski definition) is 2. The molecule has 0 bridgehead atoms. The van der Waals surface area contributed by atoms with E-state index in [0.717, 1.165) is 17.1 Å². The molecule has 0 radical (unpaired) electrons. The average molecular weight is 287 g/mol. The van der Waals surface area contributed by atoms with Gasteiger partial charge in [0.2, 0.25) is 5.91 Å². The van der Waals surface area contributed by atoms with Gasteiger partial charge in [0.05, 0.1) is 6.04 Å². The molecule has 6 nitrogen and oxygen atoms in total. The molecule has 1 aromatic heterocycles. The van der Waals surface area contributed by atoms with E-state index in [-0.39, 0.29) is 17.9 Å². The van der Waals surface area contributed by atoms with E-state index < -0.39 is 0 Å². The van der Waals surface area contributed by atoms with Crippen molar-refractivity contribution >= 4 is 11.6 Å². The zero-order chi connectivity index (χ0) is 15.4. The second-order valence-electron chi connectivity index (χ2n) is 5.36. The number of benzene rings is 1. The van der Waals surface area contributed by atoms with Crippen molar-refractivity contribution in [1.82, 2.24) is 20.1 Å². The number of carbonyl (C=O) groups excluding carboxylic acids is 1. The van der Waals surface area contributed by atoms with Crippen LogP contribution >= 0.6 is 0 Å². The highest BCUT2D eigenvalue weighted by molar-refractivity contribution is 5.77. The first kappa shape index (κ1) is 15.0. The number of aromatic nitrogens is 3. The van der Waals surface area contributed by atoms with E-state index >= 15 is 0 Å². The summed E-state index contributed by atoms with van der Waals surface area (Å²) < 4.78 is 1.80. The number of aryl methyl sites for hydroxylation is 1. The summed E-state index contributed by atoms with van der Waals surface area (Å²) in [7, 11) is 1.86. The summed E-state index contributed by atoms with van der Waals surface area (Å²) in [6.07, 6.45) is 2.04. The first-order valence-electron chi connectivity index (χ1n) is 6.96. The van der Waals surface area contributed by atoms with Crippen molar-refractivity contribution in [3.05, 3.63) is 42.0 Å². The molecule has 0 saturated carbocycles. The van der Waals surface area contributed by atoms with Crippen molar-refractivity contribution in [3.63, 3.8) is 0 Å². The summed E-state index contributed by atoms with van der Waals surface area (Å²) in [6, 6.07) is 7.46. The van der Waals surface area contributed by atoms with Crippen molar-refractivity contribution in [2.45, 2.75) is 32.2 Å². The third kappa shape index (κ3) is 3.81. The van der Waals surface area contributed by atoms with Crippen LogP contribution in [0.25, 0.3) is 0 Å². The molecule has 2 aromatic rings. The van der Waals surface area contributed by atoms with Crippen molar-refractivity contribution in [1.29, 1.82) is 0 Å². The van der Waals surface area contributed by atoms with Crippen LogP contribution in [0.3, 0.4) is 0 Å². The van der Waals surface area contributed by atoms with Gasteiger partial charge in [-0.05, 0) is 30.5 Å². The molecular formula is C15H21N5O. The molecule has 3 N–H and O–H groups in total. The fraction of sp³-hybridized carbons (Fsp3) is 0.400. The van der Waals surface area contributed by atoms with E-state index in [1.54, 1.807) is 10.9 Å². The van der Waals surface area contributed by atoms with Crippen LogP contribution in [0, 0.1) is 0 Å². The third-order valence-corrected chi connectivity index (χ3v) is 3.51. The largest absolute Gasteiger partial charge is 0.399 e. The Hall–Kier alpha value is -2.37. The maximum absolute atomic E-state index is 12.1. The monoisotopic (exact) mass is 287 g/mol. The Balaban J connectivity index is 1.92. The predicted octanol–water partition coefficient (Wildman–Crippen LogP) is 1.77. The molecule has 0 spiro atoms. The van der Waals surface area contributed by atoms with Crippen molar-refractivity contribution in [2.75, 3.05) is 5.73 Å². The van der Waals surface area contributed by atoms with Gasteiger partial charge in [0.15, 0.2) is 5.82 Å². The van der Waals surface area contributed by atoms with E-state index in [2.05, 4.69) is 15.5 Å². The molecule has 0 fully saturated rings. The number of carbonyl (C=O) groups is 1. The topological polar surface area (TPSA) is 85.8 Å². The van der Waals surface area contributed by atoms with Gasteiger partial charge < -0.3 is 15.6 Å². The molecule has 0 aliphatic carbocycles. The molecule has 2 rings (SSSR count). The van der Waals surface area contributed by atoms with Gasteiger partial charge in [0.1, 0.15) is 6.33 Å². The normalized spacial score (nSPS) is 13.7. The van der Waals surface area contributed by atoms with Crippen molar-refractivity contribution < 1.29 is 4.79 Å². The maximum atomic E-state index is 12.1. The van der Waals surface area contributed by atoms with Crippen LogP contribution in [0.1, 0.15) is 43.6 Å². The van der Waals surface area contributed by atoms with Crippen molar-refractivity contribution in [3.8, 4) is 0 Å². The van der Waals surface area contributed by atoms with E-state index in [1.807, 2.05) is 45.2 Å². The molecule has 1 aromatic carbocycles. The molecule has 0 saturated heterocycles. The molecule has 0 aliphatic rings. The van der Waals surface area contributed by atoms with Crippen LogP contribution in [0.15, 0.2) is 30.6 Å². The van der Waals surface area contributed by atoms with Gasteiger partial charge in [-0.15, -0.1) is 10.2 Å². The lowest BCUT2D eigenvalue weighted by Gasteiger charge is -2.16. The Morgan fingerprint density at radius 2 is 2.00 bits per heavy atom. The minimum absolute atomic E-state index is 0.00479. The van der Waals surface area contributed by atoms with Gasteiger partial charge in [-0.2, -0.15) is 0 Å². The SMILES string of the molecule is CC(CC(=O)NC(C)c1nncn1C)c1ccc(N)cc1. The first-order valence-corrected chi connectivity index (χ1v) is 6.96. The van der Waals surface area contributed by atoms with Gasteiger partial charge in [0.25, 0.3) is 0 Å². The molecule has 112 valence electrons. The number of nitrogens with one attached hydrogen (secondary N) is 1. The zero-order valence-corrected chi connectivity index (χ0v) is 12.6. The minimum Gasteiger partial charge on any atom is -0.399 e. The average Bonchev–Trinajstić information content (AvgIpc) is 2.85. The summed E-state index contributed by atoms with van der Waals surface area (Å²) in [5.41, 5.74) is 7.50. The summed E-state index contributed by atoms with van der Waals surface area (Å²) in [5, 5.41) is 10.8. The van der Waals surface area contributed by atoms with Crippen molar-refractivity contribution in [2.24, 2.45) is 7.05 Å². The lowest BCUT2D eigenvalue weighted by atomic mass is 9.97. The van der Waals surface area contributed by atoms with Crippen LogP contribution in [-0.4, -0.2) is 20.7 Å². The quantitative estimate of drug-likeness (QED) is 0.821. The number of nitrogens with two attached hydrogens (primary N) is 1. The molecule has 1 heterocycles. The van der Waals surface area contributed by atoms with Crippen LogP contribution in [0.2, 0.25) is 0 Å².